The molecule has 1 saturated heterocycles. The van der Waals surface area contributed by atoms with Crippen LogP contribution >= 0.6 is 12.4 Å². The van der Waals surface area contributed by atoms with Gasteiger partial charge in [0.25, 0.3) is 0 Å². The fourth-order valence-electron chi connectivity index (χ4n) is 3.19. The lowest BCUT2D eigenvalue weighted by molar-refractivity contribution is 0.142. The third kappa shape index (κ3) is 3.55. The van der Waals surface area contributed by atoms with Crippen LogP contribution in [0.3, 0.4) is 0 Å². The second-order valence-electron chi connectivity index (χ2n) is 5.38. The molecule has 1 heterocycles. The highest BCUT2D eigenvalue weighted by Crippen LogP contribution is 2.30. The standard InChI is InChI=1S/C17H22N2O.ClH/c20-13-8-17(19-11-9-18-10-12-19)16-7-3-5-14-4-1-2-6-15(14)16;/h1-7,17-18,20H,8-13H2;1H/t17-;/m1./s1. The van der Waals surface area contributed by atoms with E-state index < -0.39 is 0 Å². The quantitative estimate of drug-likeness (QED) is 0.911. The molecule has 4 heteroatoms. The Labute approximate surface area is 132 Å². The highest BCUT2D eigenvalue weighted by molar-refractivity contribution is 5.86. The summed E-state index contributed by atoms with van der Waals surface area (Å²) in [6, 6.07) is 15.3. The van der Waals surface area contributed by atoms with Crippen LogP contribution in [0.2, 0.25) is 0 Å². The number of aliphatic hydroxyl groups is 1. The highest BCUT2D eigenvalue weighted by atomic mass is 35.5. The fourth-order valence-corrected chi connectivity index (χ4v) is 3.19. The minimum atomic E-state index is 0. The molecule has 0 unspecified atom stereocenters. The van der Waals surface area contributed by atoms with Gasteiger partial charge < -0.3 is 10.4 Å². The summed E-state index contributed by atoms with van der Waals surface area (Å²) in [7, 11) is 0. The maximum atomic E-state index is 9.46. The zero-order valence-electron chi connectivity index (χ0n) is 12.2. The molecule has 1 fully saturated rings. The summed E-state index contributed by atoms with van der Waals surface area (Å²) in [5, 5.41) is 15.4. The van der Waals surface area contributed by atoms with Gasteiger partial charge in [0.2, 0.25) is 0 Å². The molecule has 2 N–H and O–H groups in total. The number of nitrogens with zero attached hydrogens (tertiary/aromatic N) is 1. The first kappa shape index (κ1) is 16.2. The van der Waals surface area contributed by atoms with E-state index >= 15 is 0 Å². The molecule has 21 heavy (non-hydrogen) atoms. The first-order valence-corrected chi connectivity index (χ1v) is 7.43. The number of benzene rings is 2. The van der Waals surface area contributed by atoms with Crippen LogP contribution in [-0.4, -0.2) is 42.8 Å². The van der Waals surface area contributed by atoms with Crippen LogP contribution in [-0.2, 0) is 0 Å². The van der Waals surface area contributed by atoms with Gasteiger partial charge >= 0.3 is 0 Å². The van der Waals surface area contributed by atoms with E-state index in [9.17, 15) is 5.11 Å². The van der Waals surface area contributed by atoms with Crippen LogP contribution in [0.5, 0.6) is 0 Å². The molecule has 3 rings (SSSR count). The van der Waals surface area contributed by atoms with Crippen LogP contribution in [0.15, 0.2) is 42.5 Å². The number of fused-ring (bicyclic) bond motifs is 1. The van der Waals surface area contributed by atoms with Crippen molar-refractivity contribution in [3.8, 4) is 0 Å². The van der Waals surface area contributed by atoms with Crippen molar-refractivity contribution in [1.82, 2.24) is 10.2 Å². The van der Waals surface area contributed by atoms with E-state index in [1.807, 2.05) is 0 Å². The molecular formula is C17H23ClN2O. The summed E-state index contributed by atoms with van der Waals surface area (Å²) in [4.78, 5) is 2.49. The van der Waals surface area contributed by atoms with E-state index in [-0.39, 0.29) is 19.0 Å². The number of aliphatic hydroxyl groups excluding tert-OH is 1. The molecule has 114 valence electrons. The normalized spacial score (nSPS) is 17.4. The molecule has 0 spiro atoms. The monoisotopic (exact) mass is 306 g/mol. The Morgan fingerprint density at radius 3 is 2.52 bits per heavy atom. The molecule has 0 aliphatic carbocycles. The SMILES string of the molecule is Cl.OCC[C@H](c1cccc2ccccc12)N1CCNCC1. The van der Waals surface area contributed by atoms with Gasteiger partial charge in [-0.3, -0.25) is 4.90 Å². The molecule has 0 aromatic heterocycles. The maximum absolute atomic E-state index is 9.46. The Bertz CT molecular complexity index is 564. The number of rotatable bonds is 4. The molecule has 1 aliphatic rings. The predicted octanol–water partition coefficient (Wildman–Crippen LogP) is 2.59. The van der Waals surface area contributed by atoms with Crippen LogP contribution in [0.4, 0.5) is 0 Å². The van der Waals surface area contributed by atoms with Crippen molar-refractivity contribution in [3.05, 3.63) is 48.0 Å². The van der Waals surface area contributed by atoms with E-state index in [4.69, 9.17) is 0 Å². The van der Waals surface area contributed by atoms with Gasteiger partial charge in [0.1, 0.15) is 0 Å². The molecule has 0 amide bonds. The summed E-state index contributed by atoms with van der Waals surface area (Å²) in [6.45, 7) is 4.40. The van der Waals surface area contributed by atoms with E-state index in [1.165, 1.54) is 16.3 Å². The molecule has 1 aliphatic heterocycles. The molecule has 2 aromatic rings. The maximum Gasteiger partial charge on any atom is 0.0449 e. The first-order valence-electron chi connectivity index (χ1n) is 7.43. The summed E-state index contributed by atoms with van der Waals surface area (Å²) < 4.78 is 0. The van der Waals surface area contributed by atoms with E-state index in [1.54, 1.807) is 0 Å². The zero-order valence-corrected chi connectivity index (χ0v) is 13.0. The fraction of sp³-hybridized carbons (Fsp3) is 0.412. The van der Waals surface area contributed by atoms with Crippen molar-refractivity contribution >= 4 is 23.2 Å². The zero-order chi connectivity index (χ0) is 13.8. The largest absolute Gasteiger partial charge is 0.396 e. The second kappa shape index (κ2) is 7.76. The van der Waals surface area contributed by atoms with Crippen molar-refractivity contribution in [3.63, 3.8) is 0 Å². The smallest absolute Gasteiger partial charge is 0.0449 e. The average Bonchev–Trinajstić information content (AvgIpc) is 2.53. The Kier molecular flexibility index (Phi) is 6.00. The van der Waals surface area contributed by atoms with Crippen LogP contribution in [0.1, 0.15) is 18.0 Å². The summed E-state index contributed by atoms with van der Waals surface area (Å²) in [5.74, 6) is 0. The van der Waals surface area contributed by atoms with Crippen LogP contribution < -0.4 is 5.32 Å². The van der Waals surface area contributed by atoms with Crippen molar-refractivity contribution < 1.29 is 5.11 Å². The first-order chi connectivity index (χ1) is 9.90. The molecule has 2 aromatic carbocycles. The van der Waals surface area contributed by atoms with Gasteiger partial charge in [0.15, 0.2) is 0 Å². The lowest BCUT2D eigenvalue weighted by Gasteiger charge is -2.35. The lowest BCUT2D eigenvalue weighted by Crippen LogP contribution is -2.45. The minimum absolute atomic E-state index is 0. The summed E-state index contributed by atoms with van der Waals surface area (Å²) in [6.07, 6.45) is 0.800. The van der Waals surface area contributed by atoms with E-state index in [0.29, 0.717) is 6.04 Å². The Hall–Kier alpha value is -1.13. The van der Waals surface area contributed by atoms with Gasteiger partial charge in [-0.05, 0) is 22.8 Å². The third-order valence-corrected chi connectivity index (χ3v) is 4.18. The van der Waals surface area contributed by atoms with E-state index in [0.717, 1.165) is 32.6 Å². The van der Waals surface area contributed by atoms with Crippen molar-refractivity contribution in [1.29, 1.82) is 0 Å². The summed E-state index contributed by atoms with van der Waals surface area (Å²) >= 11 is 0. The Morgan fingerprint density at radius 2 is 1.76 bits per heavy atom. The Balaban J connectivity index is 0.00000161. The highest BCUT2D eigenvalue weighted by Gasteiger charge is 2.22. The molecule has 0 saturated carbocycles. The number of hydrogen-bond acceptors (Lipinski definition) is 3. The molecule has 3 nitrogen and oxygen atoms in total. The van der Waals surface area contributed by atoms with Crippen LogP contribution in [0, 0.1) is 0 Å². The van der Waals surface area contributed by atoms with Gasteiger partial charge in [0, 0.05) is 38.8 Å². The minimum Gasteiger partial charge on any atom is -0.396 e. The molecule has 0 bridgehead atoms. The van der Waals surface area contributed by atoms with Crippen LogP contribution in [0.25, 0.3) is 10.8 Å². The van der Waals surface area contributed by atoms with Gasteiger partial charge in [-0.25, -0.2) is 0 Å². The van der Waals surface area contributed by atoms with Gasteiger partial charge in [0.05, 0.1) is 0 Å². The number of piperazine rings is 1. The predicted molar refractivity (Wildman–Crippen MR) is 90.1 cm³/mol. The molecule has 0 radical (unpaired) electrons. The average molecular weight is 307 g/mol. The van der Waals surface area contributed by atoms with E-state index in [2.05, 4.69) is 52.7 Å². The van der Waals surface area contributed by atoms with Crippen molar-refractivity contribution in [2.24, 2.45) is 0 Å². The van der Waals surface area contributed by atoms with Gasteiger partial charge in [-0.1, -0.05) is 42.5 Å². The topological polar surface area (TPSA) is 35.5 Å². The van der Waals surface area contributed by atoms with Gasteiger partial charge in [-0.15, -0.1) is 12.4 Å². The second-order valence-corrected chi connectivity index (χ2v) is 5.38. The lowest BCUT2D eigenvalue weighted by atomic mass is 9.95. The Morgan fingerprint density at radius 1 is 1.05 bits per heavy atom. The number of nitrogens with one attached hydrogen (secondary N) is 1. The number of hydrogen-bond donors (Lipinski definition) is 2. The van der Waals surface area contributed by atoms with Crippen molar-refractivity contribution in [2.45, 2.75) is 12.5 Å². The molecular weight excluding hydrogens is 284 g/mol. The third-order valence-electron chi connectivity index (χ3n) is 4.18. The number of halogens is 1. The summed E-state index contributed by atoms with van der Waals surface area (Å²) in [5.41, 5.74) is 1.35. The van der Waals surface area contributed by atoms with Gasteiger partial charge in [-0.2, -0.15) is 0 Å². The van der Waals surface area contributed by atoms with Crippen molar-refractivity contribution in [2.75, 3.05) is 32.8 Å². The molecule has 1 atom stereocenters.